The van der Waals surface area contributed by atoms with Crippen molar-refractivity contribution in [1.82, 2.24) is 10.6 Å². The minimum Gasteiger partial charge on any atom is -0.497 e. The van der Waals surface area contributed by atoms with Crippen LogP contribution in [0.4, 0.5) is 0 Å². The average Bonchev–Trinajstić information content (AvgIpc) is 2.55. The maximum absolute atomic E-state index is 12.5. The van der Waals surface area contributed by atoms with Crippen molar-refractivity contribution in [2.75, 3.05) is 13.7 Å². The number of nitrogens with one attached hydrogen (secondary N) is 2. The van der Waals surface area contributed by atoms with Crippen LogP contribution in [0, 0.1) is 0 Å². The van der Waals surface area contributed by atoms with Gasteiger partial charge in [0.15, 0.2) is 5.11 Å². The molecule has 2 N–H and O–H groups in total. The smallest absolute Gasteiger partial charge is 0.338 e. The van der Waals surface area contributed by atoms with Gasteiger partial charge in [0, 0.05) is 5.70 Å². The summed E-state index contributed by atoms with van der Waals surface area (Å²) < 4.78 is 10.4. The first-order chi connectivity index (χ1) is 11.1. The topological polar surface area (TPSA) is 59.6 Å². The summed E-state index contributed by atoms with van der Waals surface area (Å²) in [6, 6.07) is 7.25. The number of ether oxygens (including phenoxy) is 2. The molecule has 124 valence electrons. The first-order valence-corrected chi connectivity index (χ1v) is 8.13. The molecule has 23 heavy (non-hydrogen) atoms. The van der Waals surface area contributed by atoms with E-state index in [-0.39, 0.29) is 12.0 Å². The van der Waals surface area contributed by atoms with Gasteiger partial charge in [0.25, 0.3) is 0 Å². The predicted molar refractivity (Wildman–Crippen MR) is 93.2 cm³/mol. The van der Waals surface area contributed by atoms with E-state index in [0.29, 0.717) is 17.3 Å². The lowest BCUT2D eigenvalue weighted by Gasteiger charge is -2.31. The Morgan fingerprint density at radius 1 is 1.26 bits per heavy atom. The van der Waals surface area contributed by atoms with Crippen molar-refractivity contribution in [3.63, 3.8) is 0 Å². The molecule has 1 aromatic rings. The zero-order valence-electron chi connectivity index (χ0n) is 13.6. The minimum atomic E-state index is -0.324. The molecule has 0 bridgehead atoms. The third-order valence-corrected chi connectivity index (χ3v) is 3.82. The van der Waals surface area contributed by atoms with Crippen molar-refractivity contribution < 1.29 is 14.3 Å². The number of hydrogen-bond acceptors (Lipinski definition) is 4. The van der Waals surface area contributed by atoms with Crippen LogP contribution in [0.5, 0.6) is 5.75 Å². The molecule has 1 aliphatic heterocycles. The van der Waals surface area contributed by atoms with Crippen molar-refractivity contribution in [1.29, 1.82) is 0 Å². The fourth-order valence-electron chi connectivity index (χ4n) is 2.56. The van der Waals surface area contributed by atoms with E-state index in [1.807, 2.05) is 24.3 Å². The van der Waals surface area contributed by atoms with E-state index in [1.165, 1.54) is 0 Å². The van der Waals surface area contributed by atoms with Gasteiger partial charge in [0.2, 0.25) is 0 Å². The van der Waals surface area contributed by atoms with E-state index in [9.17, 15) is 4.79 Å². The van der Waals surface area contributed by atoms with E-state index in [1.54, 1.807) is 14.0 Å². The standard InChI is InChI=1S/C17H22N2O3S/c1-4-6-13-14(16(20)22-5-2)15(19-17(23)18-13)11-7-9-12(21-3)10-8-11/h7-10,15H,4-6H2,1-3H3,(H2,18,19,23). The highest BCUT2D eigenvalue weighted by molar-refractivity contribution is 7.80. The molecule has 0 amide bonds. The molecular formula is C17H22N2O3S. The molecule has 0 aromatic heterocycles. The molecule has 1 aromatic carbocycles. The van der Waals surface area contributed by atoms with Crippen molar-refractivity contribution in [3.8, 4) is 5.75 Å². The zero-order valence-corrected chi connectivity index (χ0v) is 14.5. The summed E-state index contributed by atoms with van der Waals surface area (Å²) >= 11 is 5.29. The van der Waals surface area contributed by atoms with Crippen LogP contribution in [0.3, 0.4) is 0 Å². The van der Waals surface area contributed by atoms with Crippen molar-refractivity contribution in [3.05, 3.63) is 41.1 Å². The van der Waals surface area contributed by atoms with Gasteiger partial charge in [0.1, 0.15) is 5.75 Å². The Kier molecular flexibility index (Phi) is 5.98. The molecule has 0 spiro atoms. The Morgan fingerprint density at radius 3 is 2.52 bits per heavy atom. The van der Waals surface area contributed by atoms with Gasteiger partial charge in [-0.2, -0.15) is 0 Å². The number of allylic oxidation sites excluding steroid dienone is 1. The number of thiocarbonyl (C=S) groups is 1. The summed E-state index contributed by atoms with van der Waals surface area (Å²) in [6.07, 6.45) is 1.64. The van der Waals surface area contributed by atoms with Gasteiger partial charge in [-0.05, 0) is 43.3 Å². The molecule has 1 heterocycles. The summed E-state index contributed by atoms with van der Waals surface area (Å²) in [5.41, 5.74) is 2.36. The lowest BCUT2D eigenvalue weighted by molar-refractivity contribution is -0.139. The van der Waals surface area contributed by atoms with Crippen molar-refractivity contribution >= 4 is 23.3 Å². The molecule has 0 radical (unpaired) electrons. The zero-order chi connectivity index (χ0) is 16.8. The Bertz CT molecular complexity index is 611. The lowest BCUT2D eigenvalue weighted by atomic mass is 9.94. The highest BCUT2D eigenvalue weighted by atomic mass is 32.1. The van der Waals surface area contributed by atoms with Crippen LogP contribution < -0.4 is 15.4 Å². The molecule has 2 rings (SSSR count). The highest BCUT2D eigenvalue weighted by Crippen LogP contribution is 2.30. The van der Waals surface area contributed by atoms with Gasteiger partial charge < -0.3 is 20.1 Å². The Labute approximate surface area is 142 Å². The molecule has 0 aliphatic carbocycles. The first kappa shape index (κ1) is 17.3. The number of esters is 1. The first-order valence-electron chi connectivity index (χ1n) is 7.72. The molecule has 0 saturated heterocycles. The van der Waals surface area contributed by atoms with Gasteiger partial charge in [0.05, 0.1) is 25.3 Å². The molecule has 1 atom stereocenters. The van der Waals surface area contributed by atoms with Gasteiger partial charge in [-0.3, -0.25) is 0 Å². The van der Waals surface area contributed by atoms with Gasteiger partial charge in [-0.15, -0.1) is 0 Å². The third-order valence-electron chi connectivity index (χ3n) is 3.60. The summed E-state index contributed by atoms with van der Waals surface area (Å²) in [5.74, 6) is 0.444. The number of rotatable bonds is 6. The summed E-state index contributed by atoms with van der Waals surface area (Å²) in [5, 5.41) is 6.79. The minimum absolute atomic E-state index is 0.320. The number of carbonyl (C=O) groups is 1. The Morgan fingerprint density at radius 2 is 1.96 bits per heavy atom. The van der Waals surface area contributed by atoms with Crippen LogP contribution in [0.2, 0.25) is 0 Å². The average molecular weight is 334 g/mol. The molecule has 1 unspecified atom stereocenters. The predicted octanol–water partition coefficient (Wildman–Crippen LogP) is 2.83. The van der Waals surface area contributed by atoms with Crippen LogP contribution >= 0.6 is 12.2 Å². The van der Waals surface area contributed by atoms with E-state index < -0.39 is 0 Å². The number of hydrogen-bond donors (Lipinski definition) is 2. The summed E-state index contributed by atoms with van der Waals surface area (Å²) in [7, 11) is 1.62. The molecule has 5 nitrogen and oxygen atoms in total. The highest BCUT2D eigenvalue weighted by Gasteiger charge is 2.31. The normalized spacial score (nSPS) is 17.3. The Balaban J connectivity index is 2.45. The van der Waals surface area contributed by atoms with Crippen molar-refractivity contribution in [2.45, 2.75) is 32.7 Å². The Hall–Kier alpha value is -2.08. The maximum atomic E-state index is 12.5. The van der Waals surface area contributed by atoms with Crippen LogP contribution in [0.1, 0.15) is 38.3 Å². The SMILES string of the molecule is CCCC1=C(C(=O)OCC)C(c2ccc(OC)cc2)NC(=S)N1. The quantitative estimate of drug-likeness (QED) is 0.616. The van der Waals surface area contributed by atoms with E-state index in [4.69, 9.17) is 21.7 Å². The summed E-state index contributed by atoms with van der Waals surface area (Å²) in [4.78, 5) is 12.5. The molecule has 0 fully saturated rings. The molecular weight excluding hydrogens is 312 g/mol. The largest absolute Gasteiger partial charge is 0.497 e. The van der Waals surface area contributed by atoms with E-state index in [2.05, 4.69) is 17.6 Å². The third kappa shape index (κ3) is 4.01. The van der Waals surface area contributed by atoms with Crippen LogP contribution in [0.15, 0.2) is 35.5 Å². The fraction of sp³-hybridized carbons (Fsp3) is 0.412. The second-order valence-electron chi connectivity index (χ2n) is 5.17. The van der Waals surface area contributed by atoms with Crippen LogP contribution in [0.25, 0.3) is 0 Å². The van der Waals surface area contributed by atoms with Crippen molar-refractivity contribution in [2.24, 2.45) is 0 Å². The lowest BCUT2D eigenvalue weighted by Crippen LogP contribution is -2.45. The van der Waals surface area contributed by atoms with Crippen LogP contribution in [-0.2, 0) is 9.53 Å². The number of carbonyl (C=O) groups excluding carboxylic acids is 1. The molecule has 1 aliphatic rings. The summed E-state index contributed by atoms with van der Waals surface area (Å²) in [6.45, 7) is 4.20. The fourth-order valence-corrected chi connectivity index (χ4v) is 2.80. The van der Waals surface area contributed by atoms with Crippen LogP contribution in [-0.4, -0.2) is 24.8 Å². The second kappa shape index (κ2) is 7.97. The van der Waals surface area contributed by atoms with Gasteiger partial charge >= 0.3 is 5.97 Å². The number of benzene rings is 1. The van der Waals surface area contributed by atoms with Gasteiger partial charge in [-0.25, -0.2) is 4.79 Å². The second-order valence-corrected chi connectivity index (χ2v) is 5.58. The monoisotopic (exact) mass is 334 g/mol. The number of methoxy groups -OCH3 is 1. The molecule has 0 saturated carbocycles. The molecule has 6 heteroatoms. The maximum Gasteiger partial charge on any atom is 0.338 e. The van der Waals surface area contributed by atoms with Gasteiger partial charge in [-0.1, -0.05) is 25.5 Å². The van der Waals surface area contributed by atoms with E-state index in [0.717, 1.165) is 29.9 Å². The van der Waals surface area contributed by atoms with E-state index >= 15 is 0 Å².